The number of rotatable bonds is 1. The van der Waals surface area contributed by atoms with Crippen molar-refractivity contribution >= 4 is 21.3 Å². The van der Waals surface area contributed by atoms with E-state index in [0.717, 1.165) is 0 Å². The van der Waals surface area contributed by atoms with Crippen molar-refractivity contribution < 1.29 is 9.11 Å². The average Bonchev–Trinajstić information content (AvgIpc) is 1.37. The maximum absolute atomic E-state index is 4.44. The van der Waals surface area contributed by atoms with Crippen LogP contribution in [0.25, 0.3) is 0 Å². The Kier molecular flexibility index (Phi) is 4.22. The molecule has 0 spiro atoms. The lowest BCUT2D eigenvalue weighted by atomic mass is 14.9. The van der Waals surface area contributed by atoms with Crippen LogP contribution in [0.2, 0.25) is 0 Å². The lowest BCUT2D eigenvalue weighted by molar-refractivity contribution is -0.0707. The van der Waals surface area contributed by atoms with Gasteiger partial charge in [-0.05, 0) is 0 Å². The van der Waals surface area contributed by atoms with E-state index in [1.54, 1.807) is 9.47 Å². The molecule has 0 fully saturated rings. The number of hydrogen-bond donors (Lipinski definition) is 0. The van der Waals surface area contributed by atoms with Crippen molar-refractivity contribution in [1.29, 1.82) is 0 Å². The Bertz CT molecular complexity index is 8.00. The molecule has 2 nitrogen and oxygen atoms in total. The first kappa shape index (κ1) is 4.64. The predicted molar refractivity (Wildman–Crippen MR) is 17.7 cm³/mol. The second-order valence-electron chi connectivity index (χ2n) is 0.159. The lowest BCUT2D eigenvalue weighted by Crippen LogP contribution is -1.51. The summed E-state index contributed by atoms with van der Waals surface area (Å²) in [6.45, 7) is 0. The lowest BCUT2D eigenvalue weighted by Gasteiger charge is -1.72. The zero-order valence-corrected chi connectivity index (χ0v) is 3.68. The van der Waals surface area contributed by atoms with E-state index in [0.29, 0.717) is 0 Å². The molecule has 0 bridgehead atoms. The van der Waals surface area contributed by atoms with Crippen molar-refractivity contribution in [2.75, 3.05) is 0 Å². The summed E-state index contributed by atoms with van der Waals surface area (Å²) >= 11 is 4.44. The van der Waals surface area contributed by atoms with Crippen LogP contribution in [-0.4, -0.2) is 0 Å². The SMILES string of the molecule is POOCl. The molecule has 0 radical (unpaired) electrons. The van der Waals surface area contributed by atoms with Crippen LogP contribution < -0.4 is 0 Å². The summed E-state index contributed by atoms with van der Waals surface area (Å²) in [7, 11) is 1.80. The van der Waals surface area contributed by atoms with E-state index in [4.69, 9.17) is 0 Å². The largest absolute Gasteiger partial charge is 0.204 e. The molecule has 0 rings (SSSR count). The first-order valence-corrected chi connectivity index (χ1v) is 1.34. The van der Waals surface area contributed by atoms with E-state index in [-0.39, 0.29) is 0 Å². The molecular formula is H2ClO2P. The molecule has 0 aromatic heterocycles. The molecule has 4 heteroatoms. The summed E-state index contributed by atoms with van der Waals surface area (Å²) in [5.41, 5.74) is 0. The molecule has 0 N–H and O–H groups in total. The Morgan fingerprint density at radius 2 is 2.00 bits per heavy atom. The van der Waals surface area contributed by atoms with Crippen LogP contribution >= 0.6 is 21.3 Å². The zero-order valence-electron chi connectivity index (χ0n) is 1.77. The molecule has 0 aromatic carbocycles. The summed E-state index contributed by atoms with van der Waals surface area (Å²) < 4.78 is 7.20. The van der Waals surface area contributed by atoms with Crippen LogP contribution in [0.1, 0.15) is 0 Å². The highest BCUT2D eigenvalue weighted by Crippen LogP contribution is 1.86. The highest BCUT2D eigenvalue weighted by atomic mass is 35.5. The molecule has 0 aromatic rings. The minimum absolute atomic E-state index is 1.80. The van der Waals surface area contributed by atoms with Gasteiger partial charge in [-0.2, -0.15) is 0 Å². The van der Waals surface area contributed by atoms with E-state index >= 15 is 0 Å². The molecule has 0 aliphatic carbocycles. The second kappa shape index (κ2) is 3.64. The minimum atomic E-state index is 1.80. The average molecular weight is 100 g/mol. The van der Waals surface area contributed by atoms with Gasteiger partial charge in [0, 0.05) is 9.47 Å². The van der Waals surface area contributed by atoms with E-state index in [9.17, 15) is 0 Å². The van der Waals surface area contributed by atoms with Gasteiger partial charge in [0.25, 0.3) is 0 Å². The first-order valence-electron chi connectivity index (χ1n) is 0.557. The van der Waals surface area contributed by atoms with Gasteiger partial charge in [-0.3, -0.25) is 0 Å². The zero-order chi connectivity index (χ0) is 3.41. The third-order valence-corrected chi connectivity index (χ3v) is 0.327. The molecule has 0 saturated heterocycles. The van der Waals surface area contributed by atoms with Gasteiger partial charge in [-0.15, -0.1) is 4.44 Å². The van der Waals surface area contributed by atoms with Crippen molar-refractivity contribution in [1.82, 2.24) is 0 Å². The summed E-state index contributed by atoms with van der Waals surface area (Å²) in [6, 6.07) is 0. The standard InChI is InChI=1S/ClH2O2P/c1-2-3-4/h4H2. The summed E-state index contributed by atoms with van der Waals surface area (Å²) in [5, 5.41) is 0. The Hall–Kier alpha value is 0.640. The fraction of sp³-hybridized carbons (Fsp3) is 0. The van der Waals surface area contributed by atoms with Gasteiger partial charge in [0.2, 0.25) is 0 Å². The van der Waals surface area contributed by atoms with E-state index in [1.165, 1.54) is 0 Å². The predicted octanol–water partition coefficient (Wildman–Crippen LogP) is 0.878. The molecule has 0 heterocycles. The third kappa shape index (κ3) is 2.64. The highest BCUT2D eigenvalue weighted by molar-refractivity contribution is 7.09. The molecule has 0 aliphatic heterocycles. The second-order valence-corrected chi connectivity index (χ2v) is 0.478. The molecule has 0 saturated carbocycles. The molecule has 0 aliphatic rings. The molecule has 0 amide bonds. The normalized spacial score (nSPS) is 7.50. The van der Waals surface area contributed by atoms with Crippen molar-refractivity contribution in [2.24, 2.45) is 0 Å². The number of halogens is 1. The molecule has 26 valence electrons. The van der Waals surface area contributed by atoms with Crippen LogP contribution in [0, 0.1) is 0 Å². The fourth-order valence-electron chi connectivity index (χ4n) is 0. The summed E-state index contributed by atoms with van der Waals surface area (Å²) in [4.78, 5) is 0. The Morgan fingerprint density at radius 3 is 2.00 bits per heavy atom. The fourth-order valence-corrected chi connectivity index (χ4v) is 0. The van der Waals surface area contributed by atoms with Crippen LogP contribution in [0.4, 0.5) is 0 Å². The van der Waals surface area contributed by atoms with E-state index < -0.39 is 0 Å². The van der Waals surface area contributed by atoms with Gasteiger partial charge in [0.05, 0.1) is 0 Å². The Morgan fingerprint density at radius 1 is 1.75 bits per heavy atom. The van der Waals surface area contributed by atoms with Crippen LogP contribution in [0.3, 0.4) is 0 Å². The van der Waals surface area contributed by atoms with Gasteiger partial charge in [0.15, 0.2) is 0 Å². The van der Waals surface area contributed by atoms with E-state index in [1.807, 2.05) is 0 Å². The smallest absolute Gasteiger partial charge is 0.100 e. The van der Waals surface area contributed by atoms with Gasteiger partial charge < -0.3 is 0 Å². The Balaban J connectivity index is 1.97. The van der Waals surface area contributed by atoms with Crippen LogP contribution in [0.15, 0.2) is 0 Å². The minimum Gasteiger partial charge on any atom is -0.204 e. The van der Waals surface area contributed by atoms with Crippen LogP contribution in [0.5, 0.6) is 0 Å². The van der Waals surface area contributed by atoms with Crippen molar-refractivity contribution in [3.8, 4) is 0 Å². The maximum Gasteiger partial charge on any atom is 0.100 e. The molecule has 4 heavy (non-hydrogen) atoms. The monoisotopic (exact) mass is 99.9 g/mol. The molecule has 1 atom stereocenters. The summed E-state index contributed by atoms with van der Waals surface area (Å²) in [6.07, 6.45) is 0. The topological polar surface area (TPSA) is 18.5 Å². The van der Waals surface area contributed by atoms with E-state index in [2.05, 4.69) is 21.0 Å². The van der Waals surface area contributed by atoms with Crippen molar-refractivity contribution in [3.63, 3.8) is 0 Å². The van der Waals surface area contributed by atoms with Gasteiger partial charge >= 0.3 is 0 Å². The highest BCUT2D eigenvalue weighted by Gasteiger charge is 1.53. The van der Waals surface area contributed by atoms with Crippen molar-refractivity contribution in [3.05, 3.63) is 0 Å². The Labute approximate surface area is 31.4 Å². The number of hydrogen-bond acceptors (Lipinski definition) is 2. The maximum atomic E-state index is 4.44. The van der Waals surface area contributed by atoms with Crippen molar-refractivity contribution in [2.45, 2.75) is 0 Å². The van der Waals surface area contributed by atoms with Gasteiger partial charge in [-0.25, -0.2) is 4.67 Å². The van der Waals surface area contributed by atoms with Gasteiger partial charge in [0.1, 0.15) is 11.9 Å². The quantitative estimate of drug-likeness (QED) is 0.277. The third-order valence-electron chi connectivity index (χ3n) is 0.0364. The van der Waals surface area contributed by atoms with Crippen LogP contribution in [-0.2, 0) is 9.11 Å². The molecular weight excluding hydrogens is 98.4 g/mol. The summed E-state index contributed by atoms with van der Waals surface area (Å²) in [5.74, 6) is 0. The van der Waals surface area contributed by atoms with Gasteiger partial charge in [-0.1, -0.05) is 0 Å². The first-order chi connectivity index (χ1) is 1.91. The molecule has 1 unspecified atom stereocenters.